The standard InChI is InChI=1S/C13H19O3/c1-4-15-11-7-6-8-12(16-5-2)13(11)10(3)9-14/h6-8,10,14H,3-5,9H2,1-2H3. The lowest BCUT2D eigenvalue weighted by Crippen LogP contribution is -2.07. The average Bonchev–Trinajstić information content (AvgIpc) is 2.29. The van der Waals surface area contributed by atoms with E-state index in [1.165, 1.54) is 0 Å². The fourth-order valence-corrected chi connectivity index (χ4v) is 1.58. The molecule has 89 valence electrons. The summed E-state index contributed by atoms with van der Waals surface area (Å²) in [6.07, 6.45) is 0. The minimum absolute atomic E-state index is 0.0236. The molecule has 16 heavy (non-hydrogen) atoms. The lowest BCUT2D eigenvalue weighted by molar-refractivity contribution is 0.267. The first-order valence-electron chi connectivity index (χ1n) is 5.57. The number of ether oxygens (including phenoxy) is 2. The van der Waals surface area contributed by atoms with Crippen molar-refractivity contribution in [3.8, 4) is 11.5 Å². The van der Waals surface area contributed by atoms with Gasteiger partial charge < -0.3 is 14.6 Å². The summed E-state index contributed by atoms with van der Waals surface area (Å²) in [7, 11) is 0. The van der Waals surface area contributed by atoms with Gasteiger partial charge in [0.2, 0.25) is 0 Å². The van der Waals surface area contributed by atoms with E-state index >= 15 is 0 Å². The lowest BCUT2D eigenvalue weighted by atomic mass is 10.00. The molecule has 0 spiro atoms. The van der Waals surface area contributed by atoms with Gasteiger partial charge in [-0.2, -0.15) is 0 Å². The van der Waals surface area contributed by atoms with Crippen molar-refractivity contribution in [2.75, 3.05) is 19.8 Å². The van der Waals surface area contributed by atoms with Crippen LogP contribution in [0.1, 0.15) is 25.3 Å². The summed E-state index contributed by atoms with van der Waals surface area (Å²) in [5.41, 5.74) is 0.841. The van der Waals surface area contributed by atoms with Crippen molar-refractivity contribution >= 4 is 0 Å². The Hall–Kier alpha value is -1.22. The number of hydrogen-bond donors (Lipinski definition) is 1. The Bertz CT molecular complexity index is 299. The molecule has 0 bridgehead atoms. The quantitative estimate of drug-likeness (QED) is 0.804. The third kappa shape index (κ3) is 2.89. The summed E-state index contributed by atoms with van der Waals surface area (Å²) in [5, 5.41) is 9.20. The summed E-state index contributed by atoms with van der Waals surface area (Å²) in [4.78, 5) is 0. The maximum atomic E-state index is 9.20. The van der Waals surface area contributed by atoms with Crippen LogP contribution in [0, 0.1) is 6.92 Å². The van der Waals surface area contributed by atoms with E-state index in [1.54, 1.807) is 0 Å². The first-order valence-corrected chi connectivity index (χ1v) is 5.57. The topological polar surface area (TPSA) is 38.7 Å². The third-order valence-corrected chi connectivity index (χ3v) is 2.25. The molecular weight excluding hydrogens is 204 g/mol. The molecule has 1 atom stereocenters. The molecular formula is C13H19O3. The molecule has 0 aromatic heterocycles. The minimum atomic E-state index is -0.232. The van der Waals surface area contributed by atoms with E-state index in [1.807, 2.05) is 32.0 Å². The SMILES string of the molecule is [CH2]C(CO)c1c(OCC)cccc1OCC. The van der Waals surface area contributed by atoms with Gasteiger partial charge in [-0.05, 0) is 32.9 Å². The molecule has 0 aliphatic heterocycles. The van der Waals surface area contributed by atoms with E-state index in [0.29, 0.717) is 13.2 Å². The highest BCUT2D eigenvalue weighted by molar-refractivity contribution is 5.47. The monoisotopic (exact) mass is 223 g/mol. The Labute approximate surface area is 97.0 Å². The van der Waals surface area contributed by atoms with Crippen LogP contribution in [0.2, 0.25) is 0 Å². The molecule has 0 saturated heterocycles. The highest BCUT2D eigenvalue weighted by Crippen LogP contribution is 2.34. The van der Waals surface area contributed by atoms with Crippen molar-refractivity contribution in [3.05, 3.63) is 30.7 Å². The largest absolute Gasteiger partial charge is 0.493 e. The highest BCUT2D eigenvalue weighted by atomic mass is 16.5. The second-order valence-electron chi connectivity index (χ2n) is 3.41. The van der Waals surface area contributed by atoms with E-state index in [-0.39, 0.29) is 12.5 Å². The Morgan fingerprint density at radius 3 is 2.06 bits per heavy atom. The zero-order valence-corrected chi connectivity index (χ0v) is 9.90. The smallest absolute Gasteiger partial charge is 0.126 e. The van der Waals surface area contributed by atoms with Crippen molar-refractivity contribution in [1.82, 2.24) is 0 Å². The van der Waals surface area contributed by atoms with Gasteiger partial charge >= 0.3 is 0 Å². The Kier molecular flexibility index (Phi) is 5.12. The lowest BCUT2D eigenvalue weighted by Gasteiger charge is -2.18. The maximum absolute atomic E-state index is 9.20. The van der Waals surface area contributed by atoms with Crippen molar-refractivity contribution in [3.63, 3.8) is 0 Å². The predicted molar refractivity (Wildman–Crippen MR) is 64.0 cm³/mol. The van der Waals surface area contributed by atoms with Gasteiger partial charge in [-0.25, -0.2) is 0 Å². The normalized spacial score (nSPS) is 12.2. The van der Waals surface area contributed by atoms with Crippen LogP contribution in [-0.4, -0.2) is 24.9 Å². The van der Waals surface area contributed by atoms with Gasteiger partial charge in [0, 0.05) is 11.5 Å². The number of aliphatic hydroxyl groups excluding tert-OH is 1. The van der Waals surface area contributed by atoms with Crippen LogP contribution in [0.4, 0.5) is 0 Å². The van der Waals surface area contributed by atoms with Gasteiger partial charge in [-0.3, -0.25) is 0 Å². The van der Waals surface area contributed by atoms with Crippen LogP contribution in [-0.2, 0) is 0 Å². The van der Waals surface area contributed by atoms with Gasteiger partial charge in [0.1, 0.15) is 11.5 Å². The van der Waals surface area contributed by atoms with Gasteiger partial charge in [0.25, 0.3) is 0 Å². The summed E-state index contributed by atoms with van der Waals surface area (Å²) in [6.45, 7) is 8.90. The Morgan fingerprint density at radius 2 is 1.69 bits per heavy atom. The van der Waals surface area contributed by atoms with Gasteiger partial charge in [-0.15, -0.1) is 0 Å². The summed E-state index contributed by atoms with van der Waals surface area (Å²) in [6, 6.07) is 5.62. The van der Waals surface area contributed by atoms with E-state index in [4.69, 9.17) is 9.47 Å². The molecule has 0 saturated carbocycles. The molecule has 1 aromatic rings. The zero-order chi connectivity index (χ0) is 12.0. The molecule has 3 nitrogen and oxygen atoms in total. The number of hydrogen-bond acceptors (Lipinski definition) is 3. The van der Waals surface area contributed by atoms with E-state index in [9.17, 15) is 5.11 Å². The zero-order valence-electron chi connectivity index (χ0n) is 9.90. The number of aliphatic hydroxyl groups is 1. The molecule has 0 fully saturated rings. The van der Waals surface area contributed by atoms with Crippen LogP contribution in [0.5, 0.6) is 11.5 Å². The van der Waals surface area contributed by atoms with Crippen LogP contribution in [0.3, 0.4) is 0 Å². The minimum Gasteiger partial charge on any atom is -0.493 e. The Balaban J connectivity index is 3.11. The predicted octanol–water partition coefficient (Wildman–Crippen LogP) is 2.39. The van der Waals surface area contributed by atoms with Crippen LogP contribution < -0.4 is 9.47 Å². The van der Waals surface area contributed by atoms with Gasteiger partial charge in [0.05, 0.1) is 19.8 Å². The molecule has 1 N–H and O–H groups in total. The average molecular weight is 223 g/mol. The molecule has 1 rings (SSSR count). The molecule has 0 aliphatic rings. The van der Waals surface area contributed by atoms with Crippen LogP contribution in [0.15, 0.2) is 18.2 Å². The Morgan fingerprint density at radius 1 is 1.19 bits per heavy atom. The van der Waals surface area contributed by atoms with Crippen molar-refractivity contribution in [2.45, 2.75) is 19.8 Å². The van der Waals surface area contributed by atoms with Crippen molar-refractivity contribution < 1.29 is 14.6 Å². The number of benzene rings is 1. The summed E-state index contributed by atoms with van der Waals surface area (Å²) < 4.78 is 11.0. The molecule has 1 unspecified atom stereocenters. The molecule has 0 heterocycles. The molecule has 1 aromatic carbocycles. The van der Waals surface area contributed by atoms with Crippen LogP contribution >= 0.6 is 0 Å². The fraction of sp³-hybridized carbons (Fsp3) is 0.462. The van der Waals surface area contributed by atoms with E-state index in [2.05, 4.69) is 6.92 Å². The third-order valence-electron chi connectivity index (χ3n) is 2.25. The van der Waals surface area contributed by atoms with Gasteiger partial charge in [-0.1, -0.05) is 6.07 Å². The van der Waals surface area contributed by atoms with Crippen LogP contribution in [0.25, 0.3) is 0 Å². The fourth-order valence-electron chi connectivity index (χ4n) is 1.58. The van der Waals surface area contributed by atoms with Crippen molar-refractivity contribution in [2.24, 2.45) is 0 Å². The maximum Gasteiger partial charge on any atom is 0.126 e. The summed E-state index contributed by atoms with van der Waals surface area (Å²) >= 11 is 0. The van der Waals surface area contributed by atoms with E-state index < -0.39 is 0 Å². The van der Waals surface area contributed by atoms with E-state index in [0.717, 1.165) is 17.1 Å². The second kappa shape index (κ2) is 6.38. The summed E-state index contributed by atoms with van der Waals surface area (Å²) in [5.74, 6) is 1.24. The first-order chi connectivity index (χ1) is 7.74. The second-order valence-corrected chi connectivity index (χ2v) is 3.41. The molecule has 0 amide bonds. The highest BCUT2D eigenvalue weighted by Gasteiger charge is 2.16. The van der Waals surface area contributed by atoms with Crippen molar-refractivity contribution in [1.29, 1.82) is 0 Å². The molecule has 1 radical (unpaired) electrons. The van der Waals surface area contributed by atoms with Gasteiger partial charge in [0.15, 0.2) is 0 Å². The molecule has 3 heteroatoms. The number of rotatable bonds is 6. The molecule has 0 aliphatic carbocycles. The first kappa shape index (κ1) is 12.8.